The molecular formula is C33H37N3O5. The number of ether oxygens (including phenoxy) is 2. The van der Waals surface area contributed by atoms with Crippen molar-refractivity contribution in [2.45, 2.75) is 62.6 Å². The average molecular weight is 556 g/mol. The lowest BCUT2D eigenvalue weighted by Crippen LogP contribution is -2.50. The minimum absolute atomic E-state index is 0.103. The highest BCUT2D eigenvalue weighted by atomic mass is 16.5. The Morgan fingerprint density at radius 1 is 0.902 bits per heavy atom. The molecule has 2 fully saturated rings. The summed E-state index contributed by atoms with van der Waals surface area (Å²) in [5.74, 6) is 0.199. The Morgan fingerprint density at radius 3 is 2.49 bits per heavy atom. The second-order valence-corrected chi connectivity index (χ2v) is 11.2. The third-order valence-corrected chi connectivity index (χ3v) is 8.36. The Balaban J connectivity index is 1.29. The van der Waals surface area contributed by atoms with Crippen molar-refractivity contribution in [1.29, 1.82) is 0 Å². The number of carbonyl (C=O) groups is 2. The first kappa shape index (κ1) is 27.4. The van der Waals surface area contributed by atoms with Gasteiger partial charge in [0, 0.05) is 32.1 Å². The standard InChI is InChI=1S/C33H37N3O5/c37-29-14-12-26-15-16-40-30-17-24(23-9-5-2-6-10-23)11-13-27(30)32(38)35-25-18-28(33(39)34-19-31(29)41-26)36(21-25)20-22-7-3-1-4-8-22/h1-11,13,17,25-26,28-29,31,37H,12,14-16,18-21H2,(H,34,39)(H,35,38)/t25-,26-,28-,29-,31+/m0/s1. The van der Waals surface area contributed by atoms with Crippen LogP contribution in [-0.4, -0.2) is 71.9 Å². The van der Waals surface area contributed by atoms with Crippen molar-refractivity contribution >= 4 is 11.8 Å². The highest BCUT2D eigenvalue weighted by Gasteiger charge is 2.39. The van der Waals surface area contributed by atoms with Gasteiger partial charge in [-0.25, -0.2) is 0 Å². The van der Waals surface area contributed by atoms with Crippen molar-refractivity contribution in [1.82, 2.24) is 15.5 Å². The van der Waals surface area contributed by atoms with Gasteiger partial charge in [-0.05, 0) is 48.1 Å². The largest absolute Gasteiger partial charge is 0.493 e. The third kappa shape index (κ3) is 6.45. The number of rotatable bonds is 3. The Hall–Kier alpha value is -3.72. The highest BCUT2D eigenvalue weighted by molar-refractivity contribution is 5.98. The number of aliphatic hydroxyl groups excluding tert-OH is 1. The monoisotopic (exact) mass is 555 g/mol. The van der Waals surface area contributed by atoms with Gasteiger partial charge in [0.2, 0.25) is 5.91 Å². The van der Waals surface area contributed by atoms with Gasteiger partial charge in [0.25, 0.3) is 5.91 Å². The van der Waals surface area contributed by atoms with Crippen molar-refractivity contribution in [3.63, 3.8) is 0 Å². The lowest BCUT2D eigenvalue weighted by molar-refractivity contribution is -0.133. The summed E-state index contributed by atoms with van der Waals surface area (Å²) in [5, 5.41) is 16.8. The lowest BCUT2D eigenvalue weighted by Gasteiger charge is -2.34. The van der Waals surface area contributed by atoms with E-state index in [0.29, 0.717) is 56.7 Å². The number of aliphatic hydroxyl groups is 1. The Labute approximate surface area is 240 Å². The second kappa shape index (κ2) is 12.4. The van der Waals surface area contributed by atoms with E-state index in [1.165, 1.54) is 0 Å². The van der Waals surface area contributed by atoms with Crippen LogP contribution in [0.15, 0.2) is 78.9 Å². The molecule has 3 aliphatic heterocycles. The number of hydrogen-bond donors (Lipinski definition) is 3. The van der Waals surface area contributed by atoms with E-state index in [-0.39, 0.29) is 30.5 Å². The summed E-state index contributed by atoms with van der Waals surface area (Å²) in [7, 11) is 0. The summed E-state index contributed by atoms with van der Waals surface area (Å²) in [6.45, 7) is 1.75. The van der Waals surface area contributed by atoms with Crippen LogP contribution in [0.2, 0.25) is 0 Å². The molecule has 2 saturated heterocycles. The molecule has 214 valence electrons. The molecule has 3 N–H and O–H groups in total. The molecule has 8 heteroatoms. The predicted octanol–water partition coefficient (Wildman–Crippen LogP) is 3.53. The van der Waals surface area contributed by atoms with E-state index in [9.17, 15) is 14.7 Å². The number of hydrogen-bond acceptors (Lipinski definition) is 6. The first-order valence-corrected chi connectivity index (χ1v) is 14.6. The Bertz CT molecular complexity index is 1350. The quantitative estimate of drug-likeness (QED) is 0.457. The van der Waals surface area contributed by atoms with Gasteiger partial charge < -0.3 is 25.2 Å². The Morgan fingerprint density at radius 2 is 1.68 bits per heavy atom. The number of amides is 2. The maximum Gasteiger partial charge on any atom is 0.255 e. The molecule has 2 amide bonds. The maximum atomic E-state index is 13.6. The summed E-state index contributed by atoms with van der Waals surface area (Å²) in [4.78, 5) is 29.2. The highest BCUT2D eigenvalue weighted by Crippen LogP contribution is 2.30. The third-order valence-electron chi connectivity index (χ3n) is 8.36. The molecule has 6 rings (SSSR count). The SMILES string of the molecule is O=C1N[C@H]2C[C@@H](C(=O)NC[C@H]3O[C@H](CCOc4cc(-c5ccccc5)ccc41)CC[C@@H]3O)N(Cc1ccccc1)C2. The predicted molar refractivity (Wildman–Crippen MR) is 155 cm³/mol. The average Bonchev–Trinajstić information content (AvgIpc) is 3.39. The minimum atomic E-state index is -0.628. The minimum Gasteiger partial charge on any atom is -0.493 e. The van der Waals surface area contributed by atoms with Crippen LogP contribution in [0.4, 0.5) is 0 Å². The summed E-state index contributed by atoms with van der Waals surface area (Å²) >= 11 is 0. The fraction of sp³-hybridized carbons (Fsp3) is 0.394. The molecule has 0 saturated carbocycles. The van der Waals surface area contributed by atoms with Gasteiger partial charge in [-0.15, -0.1) is 0 Å². The molecule has 0 aromatic heterocycles. The van der Waals surface area contributed by atoms with E-state index in [4.69, 9.17) is 9.47 Å². The van der Waals surface area contributed by atoms with Crippen LogP contribution in [0.25, 0.3) is 11.1 Å². The zero-order chi connectivity index (χ0) is 28.2. The van der Waals surface area contributed by atoms with E-state index in [1.54, 1.807) is 0 Å². The van der Waals surface area contributed by atoms with Gasteiger partial charge in [0.15, 0.2) is 0 Å². The van der Waals surface area contributed by atoms with Crippen LogP contribution in [0.1, 0.15) is 41.6 Å². The molecule has 3 aromatic rings. The van der Waals surface area contributed by atoms with Crippen LogP contribution in [-0.2, 0) is 16.1 Å². The molecule has 41 heavy (non-hydrogen) atoms. The first-order valence-electron chi connectivity index (χ1n) is 14.6. The smallest absolute Gasteiger partial charge is 0.255 e. The molecule has 3 heterocycles. The van der Waals surface area contributed by atoms with Gasteiger partial charge in [-0.1, -0.05) is 66.7 Å². The van der Waals surface area contributed by atoms with Crippen molar-refractivity contribution in [2.24, 2.45) is 0 Å². The van der Waals surface area contributed by atoms with Crippen LogP contribution < -0.4 is 15.4 Å². The summed E-state index contributed by atoms with van der Waals surface area (Å²) in [6.07, 6.45) is 1.21. The number of benzene rings is 3. The molecular weight excluding hydrogens is 518 g/mol. The van der Waals surface area contributed by atoms with Crippen molar-refractivity contribution < 1.29 is 24.2 Å². The summed E-state index contributed by atoms with van der Waals surface area (Å²) in [6, 6.07) is 25.1. The van der Waals surface area contributed by atoms with Crippen molar-refractivity contribution in [2.75, 3.05) is 19.7 Å². The van der Waals surface area contributed by atoms with Gasteiger partial charge in [0.1, 0.15) is 11.9 Å². The number of nitrogens with one attached hydrogen (secondary N) is 2. The molecule has 5 atom stereocenters. The van der Waals surface area contributed by atoms with Crippen LogP contribution in [0.3, 0.4) is 0 Å². The van der Waals surface area contributed by atoms with E-state index in [0.717, 1.165) is 16.7 Å². The first-order chi connectivity index (χ1) is 20.0. The fourth-order valence-electron chi connectivity index (χ4n) is 6.14. The topological polar surface area (TPSA) is 100 Å². The summed E-state index contributed by atoms with van der Waals surface area (Å²) in [5.41, 5.74) is 3.58. The number of fused-ring (bicyclic) bond motifs is 5. The van der Waals surface area contributed by atoms with Gasteiger partial charge >= 0.3 is 0 Å². The van der Waals surface area contributed by atoms with Gasteiger partial charge in [0.05, 0.1) is 30.4 Å². The van der Waals surface area contributed by atoms with Gasteiger partial charge in [-0.2, -0.15) is 0 Å². The zero-order valence-corrected chi connectivity index (χ0v) is 23.1. The zero-order valence-electron chi connectivity index (χ0n) is 23.1. The number of likely N-dealkylation sites (tertiary alicyclic amines) is 1. The van der Waals surface area contributed by atoms with Crippen LogP contribution in [0, 0.1) is 0 Å². The molecule has 4 bridgehead atoms. The number of carbonyl (C=O) groups excluding carboxylic acids is 2. The summed E-state index contributed by atoms with van der Waals surface area (Å²) < 4.78 is 12.5. The van der Waals surface area contributed by atoms with Gasteiger partial charge in [-0.3, -0.25) is 14.5 Å². The van der Waals surface area contributed by atoms with E-state index < -0.39 is 18.2 Å². The van der Waals surface area contributed by atoms with E-state index in [2.05, 4.69) is 15.5 Å². The molecule has 3 aromatic carbocycles. The maximum absolute atomic E-state index is 13.6. The molecule has 8 nitrogen and oxygen atoms in total. The van der Waals surface area contributed by atoms with Crippen molar-refractivity contribution in [3.8, 4) is 16.9 Å². The van der Waals surface area contributed by atoms with E-state index in [1.807, 2.05) is 78.9 Å². The van der Waals surface area contributed by atoms with Crippen LogP contribution >= 0.6 is 0 Å². The molecule has 0 unspecified atom stereocenters. The second-order valence-electron chi connectivity index (χ2n) is 11.2. The van der Waals surface area contributed by atoms with E-state index >= 15 is 0 Å². The normalized spacial score (nSPS) is 27.3. The molecule has 0 radical (unpaired) electrons. The molecule has 0 aliphatic carbocycles. The lowest BCUT2D eigenvalue weighted by atomic mass is 9.99. The Kier molecular flexibility index (Phi) is 8.32. The van der Waals surface area contributed by atoms with Crippen LogP contribution in [0.5, 0.6) is 5.75 Å². The molecule has 0 spiro atoms. The number of nitrogens with zero attached hydrogens (tertiary/aromatic N) is 1. The molecule has 3 aliphatic rings. The van der Waals surface area contributed by atoms with Crippen molar-refractivity contribution in [3.05, 3.63) is 90.0 Å². The fourth-order valence-corrected chi connectivity index (χ4v) is 6.14.